The quantitative estimate of drug-likeness (QED) is 0.533. The summed E-state index contributed by atoms with van der Waals surface area (Å²) < 4.78 is 11.0. The highest BCUT2D eigenvalue weighted by molar-refractivity contribution is 7.99. The number of thioether (sulfide) groups is 1. The number of benzene rings is 2. The molecule has 0 saturated carbocycles. The molecule has 30 heavy (non-hydrogen) atoms. The Labute approximate surface area is 187 Å². The molecule has 2 aromatic carbocycles. The average molecular weight is 465 g/mol. The summed E-state index contributed by atoms with van der Waals surface area (Å²) >= 11 is 13.5. The van der Waals surface area contributed by atoms with Crippen molar-refractivity contribution in [2.75, 3.05) is 42.3 Å². The molecule has 1 amide bonds. The number of carbonyl (C=O) groups is 1. The smallest absolute Gasteiger partial charge is 0.277 e. The van der Waals surface area contributed by atoms with Crippen molar-refractivity contribution in [3.05, 3.63) is 52.5 Å². The van der Waals surface area contributed by atoms with Gasteiger partial charge in [-0.15, -0.1) is 10.2 Å². The van der Waals surface area contributed by atoms with Gasteiger partial charge in [0.1, 0.15) is 0 Å². The van der Waals surface area contributed by atoms with Gasteiger partial charge in [0.15, 0.2) is 0 Å². The molecule has 7 nitrogen and oxygen atoms in total. The minimum atomic E-state index is -0.192. The Morgan fingerprint density at radius 3 is 2.63 bits per heavy atom. The third-order valence-electron chi connectivity index (χ3n) is 4.41. The Hall–Kier alpha value is -2.26. The molecule has 1 aliphatic rings. The fourth-order valence-electron chi connectivity index (χ4n) is 3.02. The highest BCUT2D eigenvalue weighted by Gasteiger charge is 2.19. The largest absolute Gasteiger partial charge is 0.411 e. The summed E-state index contributed by atoms with van der Waals surface area (Å²) in [6.45, 7) is 2.69. The van der Waals surface area contributed by atoms with E-state index in [9.17, 15) is 4.79 Å². The monoisotopic (exact) mass is 464 g/mol. The first kappa shape index (κ1) is 21.0. The van der Waals surface area contributed by atoms with Gasteiger partial charge in [0.2, 0.25) is 11.8 Å². The maximum atomic E-state index is 12.5. The molecule has 2 heterocycles. The van der Waals surface area contributed by atoms with Crippen LogP contribution in [0.5, 0.6) is 0 Å². The molecule has 0 aliphatic carbocycles. The van der Waals surface area contributed by atoms with Crippen LogP contribution in [0.1, 0.15) is 0 Å². The fourth-order valence-corrected chi connectivity index (χ4v) is 4.00. The minimum absolute atomic E-state index is 0.122. The van der Waals surface area contributed by atoms with E-state index in [1.165, 1.54) is 11.8 Å². The molecule has 1 fully saturated rings. The van der Waals surface area contributed by atoms with E-state index >= 15 is 0 Å². The van der Waals surface area contributed by atoms with Gasteiger partial charge in [0, 0.05) is 23.7 Å². The molecule has 1 saturated heterocycles. The fraction of sp³-hybridized carbons (Fsp3) is 0.250. The van der Waals surface area contributed by atoms with Crippen LogP contribution in [-0.2, 0) is 9.53 Å². The van der Waals surface area contributed by atoms with Gasteiger partial charge in [0.05, 0.1) is 35.4 Å². The van der Waals surface area contributed by atoms with E-state index in [-0.39, 0.29) is 11.7 Å². The topological polar surface area (TPSA) is 80.5 Å². The van der Waals surface area contributed by atoms with Gasteiger partial charge in [0.25, 0.3) is 5.22 Å². The maximum absolute atomic E-state index is 12.5. The van der Waals surface area contributed by atoms with Crippen LogP contribution in [0.4, 0.5) is 11.4 Å². The predicted octanol–water partition coefficient (Wildman–Crippen LogP) is 4.61. The van der Waals surface area contributed by atoms with E-state index in [1.807, 2.05) is 18.2 Å². The first-order valence-corrected chi connectivity index (χ1v) is 11.0. The van der Waals surface area contributed by atoms with Crippen LogP contribution in [0.3, 0.4) is 0 Å². The number of hydrogen-bond donors (Lipinski definition) is 1. The van der Waals surface area contributed by atoms with Gasteiger partial charge in [-0.25, -0.2) is 0 Å². The number of amides is 1. The van der Waals surface area contributed by atoms with Crippen molar-refractivity contribution in [1.82, 2.24) is 10.2 Å². The van der Waals surface area contributed by atoms with Crippen LogP contribution >= 0.6 is 35.0 Å². The number of nitrogens with one attached hydrogen (secondary N) is 1. The lowest BCUT2D eigenvalue weighted by Crippen LogP contribution is -2.37. The number of hydrogen-bond acceptors (Lipinski definition) is 7. The molecule has 1 aliphatic heterocycles. The number of morpholine rings is 1. The molecule has 0 bridgehead atoms. The summed E-state index contributed by atoms with van der Waals surface area (Å²) in [5.41, 5.74) is 2.24. The minimum Gasteiger partial charge on any atom is -0.411 e. The number of nitrogens with zero attached hydrogens (tertiary/aromatic N) is 3. The van der Waals surface area contributed by atoms with E-state index in [0.29, 0.717) is 40.1 Å². The number of para-hydroxylation sites is 1. The van der Waals surface area contributed by atoms with Crippen LogP contribution in [0.2, 0.25) is 10.0 Å². The SMILES string of the molecule is O=C(CSc1nnc(-c2ccc(Cl)cc2)o1)Nc1cccc(Cl)c1N1CCOCC1. The highest BCUT2D eigenvalue weighted by atomic mass is 35.5. The standard InChI is InChI=1S/C20H18Cl2N4O3S/c21-14-6-4-13(5-7-14)19-24-25-20(29-19)30-12-17(27)23-16-3-1-2-15(22)18(16)26-8-10-28-11-9-26/h1-7H,8-12H2,(H,23,27). The molecule has 4 rings (SSSR count). The van der Waals surface area contributed by atoms with Crippen molar-refractivity contribution < 1.29 is 13.9 Å². The second kappa shape index (κ2) is 9.70. The molecule has 0 unspecified atom stereocenters. The number of anilines is 2. The molecule has 0 spiro atoms. The maximum Gasteiger partial charge on any atom is 0.277 e. The summed E-state index contributed by atoms with van der Waals surface area (Å²) in [4.78, 5) is 14.6. The van der Waals surface area contributed by atoms with Crippen LogP contribution in [-0.4, -0.2) is 48.2 Å². The highest BCUT2D eigenvalue weighted by Crippen LogP contribution is 2.34. The average Bonchev–Trinajstić information content (AvgIpc) is 3.23. The molecule has 1 N–H and O–H groups in total. The van der Waals surface area contributed by atoms with E-state index in [0.717, 1.165) is 24.3 Å². The summed E-state index contributed by atoms with van der Waals surface area (Å²) in [6.07, 6.45) is 0. The van der Waals surface area contributed by atoms with E-state index < -0.39 is 0 Å². The lowest BCUT2D eigenvalue weighted by molar-refractivity contribution is -0.113. The van der Waals surface area contributed by atoms with Crippen LogP contribution in [0.15, 0.2) is 52.1 Å². The number of aromatic nitrogens is 2. The van der Waals surface area contributed by atoms with Crippen molar-refractivity contribution in [2.24, 2.45) is 0 Å². The Bertz CT molecular complexity index is 1020. The molecule has 156 valence electrons. The summed E-state index contributed by atoms with van der Waals surface area (Å²) in [7, 11) is 0. The van der Waals surface area contributed by atoms with Crippen molar-refractivity contribution in [2.45, 2.75) is 5.22 Å². The molecule has 3 aromatic rings. The Kier molecular flexibility index (Phi) is 6.79. The third-order valence-corrected chi connectivity index (χ3v) is 5.79. The molecular formula is C20H18Cl2N4O3S. The van der Waals surface area contributed by atoms with E-state index in [1.54, 1.807) is 24.3 Å². The Morgan fingerprint density at radius 2 is 1.87 bits per heavy atom. The summed E-state index contributed by atoms with van der Waals surface area (Å²) in [5.74, 6) is 0.305. The normalized spacial score (nSPS) is 14.0. The van der Waals surface area contributed by atoms with Gasteiger partial charge in [-0.3, -0.25) is 4.79 Å². The first-order valence-electron chi connectivity index (χ1n) is 9.23. The van der Waals surface area contributed by atoms with Crippen LogP contribution in [0, 0.1) is 0 Å². The number of carbonyl (C=O) groups excluding carboxylic acids is 1. The molecule has 10 heteroatoms. The number of rotatable bonds is 6. The zero-order valence-electron chi connectivity index (χ0n) is 15.8. The third kappa shape index (κ3) is 5.07. The van der Waals surface area contributed by atoms with Crippen LogP contribution in [0.25, 0.3) is 11.5 Å². The van der Waals surface area contributed by atoms with Crippen molar-refractivity contribution in [3.8, 4) is 11.5 Å². The molecular weight excluding hydrogens is 447 g/mol. The number of halogens is 2. The van der Waals surface area contributed by atoms with Crippen molar-refractivity contribution in [1.29, 1.82) is 0 Å². The second-order valence-electron chi connectivity index (χ2n) is 6.45. The summed E-state index contributed by atoms with van der Waals surface area (Å²) in [6, 6.07) is 12.5. The molecule has 1 aromatic heterocycles. The van der Waals surface area contributed by atoms with Gasteiger partial charge in [-0.2, -0.15) is 0 Å². The van der Waals surface area contributed by atoms with E-state index in [4.69, 9.17) is 32.4 Å². The first-order chi connectivity index (χ1) is 14.6. The van der Waals surface area contributed by atoms with Crippen LogP contribution < -0.4 is 10.2 Å². The zero-order chi connectivity index (χ0) is 20.9. The van der Waals surface area contributed by atoms with E-state index in [2.05, 4.69) is 20.4 Å². The molecule has 0 atom stereocenters. The second-order valence-corrected chi connectivity index (χ2v) is 8.22. The zero-order valence-corrected chi connectivity index (χ0v) is 18.1. The van der Waals surface area contributed by atoms with Gasteiger partial charge in [-0.1, -0.05) is 41.0 Å². The lowest BCUT2D eigenvalue weighted by atomic mass is 10.2. The van der Waals surface area contributed by atoms with Gasteiger partial charge < -0.3 is 19.4 Å². The predicted molar refractivity (Wildman–Crippen MR) is 119 cm³/mol. The Morgan fingerprint density at radius 1 is 1.10 bits per heavy atom. The number of ether oxygens (including phenoxy) is 1. The van der Waals surface area contributed by atoms with Crippen molar-refractivity contribution >= 4 is 52.2 Å². The van der Waals surface area contributed by atoms with Crippen molar-refractivity contribution in [3.63, 3.8) is 0 Å². The lowest BCUT2D eigenvalue weighted by Gasteiger charge is -2.31. The van der Waals surface area contributed by atoms with Gasteiger partial charge >= 0.3 is 0 Å². The molecule has 0 radical (unpaired) electrons. The Balaban J connectivity index is 1.39. The summed E-state index contributed by atoms with van der Waals surface area (Å²) in [5, 5.41) is 12.5. The van der Waals surface area contributed by atoms with Gasteiger partial charge in [-0.05, 0) is 36.4 Å².